The summed E-state index contributed by atoms with van der Waals surface area (Å²) in [6.07, 6.45) is 2.14. The highest BCUT2D eigenvalue weighted by atomic mass is 35.5. The Balaban J connectivity index is 2.71. The lowest BCUT2D eigenvalue weighted by atomic mass is 9.87. The van der Waals surface area contributed by atoms with Crippen molar-refractivity contribution in [3.8, 4) is 0 Å². The van der Waals surface area contributed by atoms with Gasteiger partial charge in [-0.25, -0.2) is 0 Å². The fraction of sp³-hybridized carbons (Fsp3) is 0.417. The molecule has 0 spiro atoms. The number of carboxylic acid groups (broad SMARTS) is 1. The van der Waals surface area contributed by atoms with E-state index in [9.17, 15) is 9.11 Å². The highest BCUT2D eigenvalue weighted by Gasteiger charge is 2.19. The molecule has 0 aromatic heterocycles. The first-order valence-electron chi connectivity index (χ1n) is 5.51. The molecule has 17 heavy (non-hydrogen) atoms. The molecule has 1 unspecified atom stereocenters. The normalized spacial score (nSPS) is 12.1. The standard InChI is InChI=1S/C12H14BClFO2/c14-8-2-1-3-11(12(16)17)9-4-6-10(13-15)7-5-9/h4-7,11H,1-3,8H2,(H,16,17). The lowest BCUT2D eigenvalue weighted by Crippen LogP contribution is -2.14. The van der Waals surface area contributed by atoms with Crippen LogP contribution < -0.4 is 5.46 Å². The number of carboxylic acids is 1. The number of hydrogen-bond acceptors (Lipinski definition) is 1. The molecular formula is C12H14BClFO2. The van der Waals surface area contributed by atoms with Crippen LogP contribution in [0.5, 0.6) is 0 Å². The van der Waals surface area contributed by atoms with E-state index in [1.807, 2.05) is 0 Å². The first-order valence-corrected chi connectivity index (χ1v) is 6.04. The van der Waals surface area contributed by atoms with Crippen molar-refractivity contribution in [2.75, 3.05) is 5.88 Å². The number of hydrogen-bond donors (Lipinski definition) is 1. The molecule has 0 bridgehead atoms. The van der Waals surface area contributed by atoms with Gasteiger partial charge < -0.3 is 9.42 Å². The van der Waals surface area contributed by atoms with Crippen LogP contribution in [0.15, 0.2) is 24.3 Å². The van der Waals surface area contributed by atoms with Crippen molar-refractivity contribution in [1.82, 2.24) is 0 Å². The number of rotatable bonds is 7. The van der Waals surface area contributed by atoms with Gasteiger partial charge in [-0.1, -0.05) is 30.7 Å². The van der Waals surface area contributed by atoms with Gasteiger partial charge in [0, 0.05) is 5.88 Å². The topological polar surface area (TPSA) is 37.3 Å². The van der Waals surface area contributed by atoms with Gasteiger partial charge in [0.05, 0.1) is 5.92 Å². The Morgan fingerprint density at radius 1 is 1.35 bits per heavy atom. The van der Waals surface area contributed by atoms with Crippen molar-refractivity contribution in [2.24, 2.45) is 0 Å². The average Bonchev–Trinajstić information content (AvgIpc) is 2.34. The van der Waals surface area contributed by atoms with E-state index in [4.69, 9.17) is 16.7 Å². The zero-order chi connectivity index (χ0) is 12.7. The fourth-order valence-electron chi connectivity index (χ4n) is 1.68. The Morgan fingerprint density at radius 2 is 2.00 bits per heavy atom. The van der Waals surface area contributed by atoms with Crippen molar-refractivity contribution in [3.05, 3.63) is 29.8 Å². The molecule has 0 saturated carbocycles. The number of benzene rings is 1. The van der Waals surface area contributed by atoms with Gasteiger partial charge in [-0.05, 0) is 23.9 Å². The molecule has 0 aliphatic rings. The maximum Gasteiger partial charge on any atom is 0.391 e. The van der Waals surface area contributed by atoms with Gasteiger partial charge in [0.2, 0.25) is 0 Å². The van der Waals surface area contributed by atoms with E-state index in [1.165, 1.54) is 0 Å². The summed E-state index contributed by atoms with van der Waals surface area (Å²) >= 11 is 5.56. The smallest absolute Gasteiger partial charge is 0.391 e. The maximum absolute atomic E-state index is 12.2. The lowest BCUT2D eigenvalue weighted by Gasteiger charge is -2.12. The quantitative estimate of drug-likeness (QED) is 0.462. The third-order valence-electron chi connectivity index (χ3n) is 2.64. The minimum absolute atomic E-state index is 0.443. The minimum atomic E-state index is -0.850. The molecule has 1 aromatic carbocycles. The van der Waals surface area contributed by atoms with E-state index in [2.05, 4.69) is 0 Å². The van der Waals surface area contributed by atoms with Crippen LogP contribution in [0.4, 0.5) is 4.32 Å². The second kappa shape index (κ2) is 7.33. The second-order valence-electron chi connectivity index (χ2n) is 3.85. The SMILES string of the molecule is O=C(O)C(CCCCCl)c1ccc([B]F)cc1. The van der Waals surface area contributed by atoms with Crippen molar-refractivity contribution < 1.29 is 14.2 Å². The molecule has 0 aliphatic carbocycles. The summed E-state index contributed by atoms with van der Waals surface area (Å²) in [6.45, 7) is 0. The molecule has 5 heteroatoms. The molecule has 1 N–H and O–H groups in total. The Morgan fingerprint density at radius 3 is 2.47 bits per heavy atom. The molecular weight excluding hydrogens is 241 g/mol. The predicted octanol–water partition coefficient (Wildman–Crippen LogP) is 2.48. The summed E-state index contributed by atoms with van der Waals surface area (Å²) in [7, 11) is 0.493. The molecule has 2 nitrogen and oxygen atoms in total. The predicted molar refractivity (Wildman–Crippen MR) is 67.9 cm³/mol. The molecule has 0 amide bonds. The second-order valence-corrected chi connectivity index (χ2v) is 4.23. The minimum Gasteiger partial charge on any atom is -0.481 e. The Labute approximate surface area is 106 Å². The van der Waals surface area contributed by atoms with E-state index < -0.39 is 11.9 Å². The molecule has 0 aliphatic heterocycles. The molecule has 91 valence electrons. The summed E-state index contributed by atoms with van der Waals surface area (Å²) in [6, 6.07) is 6.47. The van der Waals surface area contributed by atoms with Crippen LogP contribution in [0.3, 0.4) is 0 Å². The number of alkyl halides is 1. The summed E-state index contributed by atoms with van der Waals surface area (Å²) in [4.78, 5) is 11.1. The highest BCUT2D eigenvalue weighted by molar-refractivity contribution is 6.46. The first-order chi connectivity index (χ1) is 8.19. The molecule has 0 heterocycles. The van der Waals surface area contributed by atoms with Crippen molar-refractivity contribution >= 4 is 30.6 Å². The number of aliphatic carboxylic acids is 1. The van der Waals surface area contributed by atoms with Gasteiger partial charge >= 0.3 is 13.5 Å². The first kappa shape index (κ1) is 14.0. The van der Waals surface area contributed by atoms with E-state index in [1.54, 1.807) is 24.3 Å². The Kier molecular flexibility index (Phi) is 6.05. The van der Waals surface area contributed by atoms with Crippen molar-refractivity contribution in [3.63, 3.8) is 0 Å². The van der Waals surface area contributed by atoms with Crippen LogP contribution in [0, 0.1) is 0 Å². The largest absolute Gasteiger partial charge is 0.481 e. The molecule has 1 rings (SSSR count). The molecule has 1 radical (unpaired) electrons. The Bertz CT molecular complexity index is 356. The van der Waals surface area contributed by atoms with Gasteiger partial charge in [0.1, 0.15) is 0 Å². The van der Waals surface area contributed by atoms with Crippen LogP contribution in [0.25, 0.3) is 0 Å². The molecule has 1 aromatic rings. The van der Waals surface area contributed by atoms with Crippen LogP contribution in [-0.2, 0) is 4.79 Å². The Hall–Kier alpha value is -1.03. The highest BCUT2D eigenvalue weighted by Crippen LogP contribution is 2.22. The fourth-order valence-corrected chi connectivity index (χ4v) is 1.87. The molecule has 0 fully saturated rings. The van der Waals surface area contributed by atoms with Gasteiger partial charge in [-0.15, -0.1) is 11.6 Å². The van der Waals surface area contributed by atoms with E-state index in [-0.39, 0.29) is 0 Å². The summed E-state index contributed by atoms with van der Waals surface area (Å²) in [5.41, 5.74) is 1.15. The van der Waals surface area contributed by atoms with Crippen molar-refractivity contribution in [2.45, 2.75) is 25.2 Å². The lowest BCUT2D eigenvalue weighted by molar-refractivity contribution is -0.139. The third kappa shape index (κ3) is 4.39. The van der Waals surface area contributed by atoms with E-state index >= 15 is 0 Å². The van der Waals surface area contributed by atoms with Crippen LogP contribution in [0.1, 0.15) is 30.7 Å². The van der Waals surface area contributed by atoms with Gasteiger partial charge in [0.25, 0.3) is 0 Å². The maximum atomic E-state index is 12.2. The number of carbonyl (C=O) groups is 1. The van der Waals surface area contributed by atoms with E-state index in [0.717, 1.165) is 12.8 Å². The third-order valence-corrected chi connectivity index (χ3v) is 2.91. The zero-order valence-corrected chi connectivity index (χ0v) is 10.2. The average molecular weight is 256 g/mol. The van der Waals surface area contributed by atoms with Gasteiger partial charge in [-0.3, -0.25) is 4.79 Å². The van der Waals surface area contributed by atoms with Gasteiger partial charge in [0.15, 0.2) is 0 Å². The number of halogens is 2. The zero-order valence-electron chi connectivity index (χ0n) is 9.40. The summed E-state index contributed by atoms with van der Waals surface area (Å²) < 4.78 is 12.2. The molecule has 0 saturated heterocycles. The van der Waals surface area contributed by atoms with Crippen molar-refractivity contribution in [1.29, 1.82) is 0 Å². The van der Waals surface area contributed by atoms with Crippen LogP contribution in [0.2, 0.25) is 0 Å². The monoisotopic (exact) mass is 255 g/mol. The summed E-state index contributed by atoms with van der Waals surface area (Å²) in [5.74, 6) is -0.842. The van der Waals surface area contributed by atoms with E-state index in [0.29, 0.717) is 30.9 Å². The number of unbranched alkanes of at least 4 members (excludes halogenated alkanes) is 1. The molecule has 1 atom stereocenters. The van der Waals surface area contributed by atoms with Gasteiger partial charge in [-0.2, -0.15) is 0 Å². The van der Waals surface area contributed by atoms with Crippen LogP contribution in [-0.4, -0.2) is 24.5 Å². The van der Waals surface area contributed by atoms with Crippen LogP contribution >= 0.6 is 11.6 Å². The summed E-state index contributed by atoms with van der Waals surface area (Å²) in [5, 5.41) is 9.14.